The molecule has 0 fully saturated rings. The number of nitrogens with two attached hydrogens (primary N) is 1. The number of hydrogen-bond donors (Lipinski definition) is 1. The molecule has 3 heterocycles. The van der Waals surface area contributed by atoms with Crippen molar-refractivity contribution in [1.82, 2.24) is 25.1 Å². The van der Waals surface area contributed by atoms with Crippen LogP contribution in [0.5, 0.6) is 5.75 Å². The van der Waals surface area contributed by atoms with Crippen molar-refractivity contribution in [2.24, 2.45) is 0 Å². The second kappa shape index (κ2) is 10.2. The molecule has 4 aromatic rings. The number of aromatic nitrogens is 5. The first-order valence-corrected chi connectivity index (χ1v) is 12.6. The second-order valence-electron chi connectivity index (χ2n) is 9.25. The van der Waals surface area contributed by atoms with Crippen LogP contribution in [0.15, 0.2) is 46.3 Å². The minimum absolute atomic E-state index is 0.139. The Labute approximate surface area is 209 Å². The predicted molar refractivity (Wildman–Crippen MR) is 137 cm³/mol. The minimum atomic E-state index is -0.372. The van der Waals surface area contributed by atoms with Crippen LogP contribution >= 0.6 is 11.3 Å². The molecule has 2 N–H and O–H groups in total. The van der Waals surface area contributed by atoms with Crippen molar-refractivity contribution in [2.45, 2.75) is 65.1 Å². The summed E-state index contributed by atoms with van der Waals surface area (Å²) in [6.07, 6.45) is 2.57. The summed E-state index contributed by atoms with van der Waals surface area (Å²) in [5, 5.41) is 14.4. The number of thiophene rings is 1. The SMILES string of the molecule is CCC(C)(C)OCCC(C)(CC)Oc1cccc(-n2nnc(-c3nc(-c4cccs4)no3)c2N)c1. The molecule has 0 radical (unpaired) electrons. The van der Waals surface area contributed by atoms with E-state index in [4.69, 9.17) is 19.7 Å². The van der Waals surface area contributed by atoms with Gasteiger partial charge in [-0.3, -0.25) is 0 Å². The first-order valence-electron chi connectivity index (χ1n) is 11.8. The van der Waals surface area contributed by atoms with Crippen LogP contribution < -0.4 is 10.5 Å². The Bertz CT molecular complexity index is 1250. The largest absolute Gasteiger partial charge is 0.487 e. The van der Waals surface area contributed by atoms with Crippen molar-refractivity contribution in [3.8, 4) is 33.7 Å². The van der Waals surface area contributed by atoms with Gasteiger partial charge < -0.3 is 19.7 Å². The average molecular weight is 497 g/mol. The highest BCUT2D eigenvalue weighted by Gasteiger charge is 2.26. The molecule has 0 aliphatic heterocycles. The molecule has 9 nitrogen and oxygen atoms in total. The highest BCUT2D eigenvalue weighted by atomic mass is 32.1. The van der Waals surface area contributed by atoms with E-state index in [2.05, 4.69) is 55.1 Å². The Balaban J connectivity index is 1.50. The van der Waals surface area contributed by atoms with Gasteiger partial charge in [0.25, 0.3) is 5.89 Å². The van der Waals surface area contributed by atoms with E-state index in [1.807, 2.05) is 41.8 Å². The van der Waals surface area contributed by atoms with Gasteiger partial charge in [0.05, 0.1) is 22.8 Å². The molecule has 186 valence electrons. The van der Waals surface area contributed by atoms with Crippen molar-refractivity contribution < 1.29 is 14.0 Å². The van der Waals surface area contributed by atoms with Gasteiger partial charge in [-0.05, 0) is 57.2 Å². The van der Waals surface area contributed by atoms with Gasteiger partial charge in [-0.25, -0.2) is 0 Å². The lowest BCUT2D eigenvalue weighted by atomic mass is 9.98. The van der Waals surface area contributed by atoms with Gasteiger partial charge in [0.2, 0.25) is 5.82 Å². The summed E-state index contributed by atoms with van der Waals surface area (Å²) in [5.41, 5.74) is 6.92. The first kappa shape index (κ1) is 24.9. The van der Waals surface area contributed by atoms with E-state index in [1.54, 1.807) is 0 Å². The number of hydrogen-bond acceptors (Lipinski definition) is 9. The van der Waals surface area contributed by atoms with Crippen molar-refractivity contribution in [2.75, 3.05) is 12.3 Å². The van der Waals surface area contributed by atoms with E-state index < -0.39 is 0 Å². The molecule has 0 saturated carbocycles. The molecule has 0 bridgehead atoms. The average Bonchev–Trinajstić information content (AvgIpc) is 3.60. The van der Waals surface area contributed by atoms with E-state index in [1.165, 1.54) is 16.0 Å². The Morgan fingerprint density at radius 1 is 1.11 bits per heavy atom. The van der Waals surface area contributed by atoms with Crippen LogP contribution in [-0.2, 0) is 4.74 Å². The summed E-state index contributed by atoms with van der Waals surface area (Å²) in [6.45, 7) is 11.2. The van der Waals surface area contributed by atoms with Gasteiger partial charge in [-0.15, -0.1) is 16.4 Å². The molecule has 3 aromatic heterocycles. The van der Waals surface area contributed by atoms with Crippen molar-refractivity contribution in [3.05, 3.63) is 41.8 Å². The molecule has 35 heavy (non-hydrogen) atoms. The quantitative estimate of drug-likeness (QED) is 0.278. The summed E-state index contributed by atoms with van der Waals surface area (Å²) in [7, 11) is 0. The second-order valence-corrected chi connectivity index (χ2v) is 10.2. The van der Waals surface area contributed by atoms with E-state index in [0.717, 1.165) is 35.6 Å². The lowest BCUT2D eigenvalue weighted by Crippen LogP contribution is -2.35. The molecule has 10 heteroatoms. The monoisotopic (exact) mass is 496 g/mol. The zero-order valence-corrected chi connectivity index (χ0v) is 21.6. The van der Waals surface area contributed by atoms with Crippen molar-refractivity contribution >= 4 is 17.2 Å². The van der Waals surface area contributed by atoms with Crippen LogP contribution in [0.4, 0.5) is 5.82 Å². The molecule has 0 aliphatic rings. The molecule has 1 aromatic carbocycles. The van der Waals surface area contributed by atoms with Gasteiger partial charge in [0.1, 0.15) is 11.4 Å². The lowest BCUT2D eigenvalue weighted by molar-refractivity contribution is -0.0465. The Kier molecular flexibility index (Phi) is 7.23. The van der Waals surface area contributed by atoms with E-state index in [9.17, 15) is 0 Å². The Hall–Kier alpha value is -3.24. The third-order valence-electron chi connectivity index (χ3n) is 6.22. The van der Waals surface area contributed by atoms with Gasteiger partial charge in [-0.2, -0.15) is 9.67 Å². The van der Waals surface area contributed by atoms with E-state index in [0.29, 0.717) is 23.9 Å². The highest BCUT2D eigenvalue weighted by molar-refractivity contribution is 7.13. The van der Waals surface area contributed by atoms with Crippen molar-refractivity contribution in [1.29, 1.82) is 0 Å². The number of rotatable bonds is 11. The predicted octanol–water partition coefficient (Wildman–Crippen LogP) is 5.77. The Morgan fingerprint density at radius 2 is 1.94 bits per heavy atom. The fraction of sp³-hybridized carbons (Fsp3) is 0.440. The molecule has 1 unspecified atom stereocenters. The van der Waals surface area contributed by atoms with Gasteiger partial charge in [0, 0.05) is 12.5 Å². The maximum absolute atomic E-state index is 6.42. The molecule has 4 rings (SSSR count). The standard InChI is InChI=1S/C25H32N6O3S/c1-6-24(3,4)32-14-13-25(5,7-2)33-18-11-8-10-17(16-18)31-21(26)20(28-30-31)23-27-22(29-34-23)19-12-9-15-35-19/h8-12,15-16H,6-7,13-14,26H2,1-5H3. The molecule has 0 aliphatic carbocycles. The van der Waals surface area contributed by atoms with Gasteiger partial charge in [-0.1, -0.05) is 36.4 Å². The zero-order valence-electron chi connectivity index (χ0n) is 20.8. The maximum atomic E-state index is 6.42. The fourth-order valence-electron chi connectivity index (χ4n) is 3.37. The van der Waals surface area contributed by atoms with Crippen LogP contribution in [0.2, 0.25) is 0 Å². The summed E-state index contributed by atoms with van der Waals surface area (Å²) in [6, 6.07) is 11.5. The number of nitrogens with zero attached hydrogens (tertiary/aromatic N) is 5. The molecule has 0 saturated heterocycles. The molecule has 1 atom stereocenters. The third-order valence-corrected chi connectivity index (χ3v) is 7.09. The number of ether oxygens (including phenoxy) is 2. The third kappa shape index (κ3) is 5.71. The van der Waals surface area contributed by atoms with Crippen LogP contribution in [-0.4, -0.2) is 42.9 Å². The van der Waals surface area contributed by atoms with Crippen molar-refractivity contribution in [3.63, 3.8) is 0 Å². The normalized spacial score (nSPS) is 13.6. The van der Waals surface area contributed by atoms with Gasteiger partial charge in [0.15, 0.2) is 11.5 Å². The van der Waals surface area contributed by atoms with E-state index in [-0.39, 0.29) is 17.1 Å². The molecule has 0 amide bonds. The number of benzene rings is 1. The summed E-state index contributed by atoms with van der Waals surface area (Å²) in [4.78, 5) is 5.32. The van der Waals surface area contributed by atoms with Crippen LogP contribution in [0.3, 0.4) is 0 Å². The topological polar surface area (TPSA) is 114 Å². The van der Waals surface area contributed by atoms with Crippen LogP contribution in [0.25, 0.3) is 28.0 Å². The number of nitrogen functional groups attached to an aromatic ring is 1. The zero-order chi connectivity index (χ0) is 25.1. The smallest absolute Gasteiger partial charge is 0.282 e. The lowest BCUT2D eigenvalue weighted by Gasteiger charge is -2.32. The summed E-state index contributed by atoms with van der Waals surface area (Å²) in [5.74, 6) is 1.73. The maximum Gasteiger partial charge on any atom is 0.282 e. The van der Waals surface area contributed by atoms with Crippen LogP contribution in [0.1, 0.15) is 53.9 Å². The molecule has 0 spiro atoms. The first-order chi connectivity index (χ1) is 16.7. The van der Waals surface area contributed by atoms with Gasteiger partial charge >= 0.3 is 0 Å². The van der Waals surface area contributed by atoms with Crippen LogP contribution in [0, 0.1) is 0 Å². The minimum Gasteiger partial charge on any atom is -0.487 e. The fourth-order valence-corrected chi connectivity index (χ4v) is 4.02. The summed E-state index contributed by atoms with van der Waals surface area (Å²) < 4.78 is 19.4. The molecular weight excluding hydrogens is 464 g/mol. The number of anilines is 1. The Morgan fingerprint density at radius 3 is 2.66 bits per heavy atom. The molecular formula is C25H32N6O3S. The highest BCUT2D eigenvalue weighted by Crippen LogP contribution is 2.30. The van der Waals surface area contributed by atoms with E-state index >= 15 is 0 Å². The summed E-state index contributed by atoms with van der Waals surface area (Å²) >= 11 is 1.53.